The summed E-state index contributed by atoms with van der Waals surface area (Å²) in [5, 5.41) is 20.6. The highest BCUT2D eigenvalue weighted by Crippen LogP contribution is 2.32. The lowest BCUT2D eigenvalue weighted by Crippen LogP contribution is -2.25. The van der Waals surface area contributed by atoms with Gasteiger partial charge in [-0.25, -0.2) is 0 Å². The van der Waals surface area contributed by atoms with Crippen molar-refractivity contribution in [3.05, 3.63) is 16.0 Å². The molecule has 0 aliphatic carbocycles. The van der Waals surface area contributed by atoms with Gasteiger partial charge in [-0.15, -0.1) is 21.5 Å². The summed E-state index contributed by atoms with van der Waals surface area (Å²) in [6.07, 6.45) is 0. The lowest BCUT2D eigenvalue weighted by atomic mass is 10.2. The smallest absolute Gasteiger partial charge is 0.316 e. The van der Waals surface area contributed by atoms with E-state index < -0.39 is 12.0 Å². The second kappa shape index (κ2) is 8.20. The summed E-state index contributed by atoms with van der Waals surface area (Å²) in [4.78, 5) is 24.9. The van der Waals surface area contributed by atoms with E-state index >= 15 is 0 Å². The van der Waals surface area contributed by atoms with E-state index in [4.69, 9.17) is 5.73 Å². The number of thioether (sulfide) groups is 1. The van der Waals surface area contributed by atoms with E-state index in [1.165, 1.54) is 23.0 Å². The number of nitrogens with one attached hydrogen (secondary N) is 1. The van der Waals surface area contributed by atoms with E-state index in [9.17, 15) is 14.9 Å². The number of nitrogens with zero attached hydrogens (tertiary/aromatic N) is 4. The van der Waals surface area contributed by atoms with Crippen LogP contribution in [0.25, 0.3) is 0 Å². The molecule has 9 nitrogen and oxygen atoms in total. The van der Waals surface area contributed by atoms with Gasteiger partial charge in [-0.1, -0.05) is 11.8 Å². The molecular formula is C15H18N6O3S2. The monoisotopic (exact) mass is 394 g/mol. The summed E-state index contributed by atoms with van der Waals surface area (Å²) in [6.45, 7) is 5.36. The number of nitrogens with two attached hydrogens (primary N) is 1. The van der Waals surface area contributed by atoms with E-state index in [2.05, 4.69) is 26.3 Å². The van der Waals surface area contributed by atoms with E-state index in [0.717, 1.165) is 22.2 Å². The molecule has 0 aliphatic rings. The predicted molar refractivity (Wildman–Crippen MR) is 99.0 cm³/mol. The standard InChI is InChI=1S/C15H18N6O3S2/c1-7-9(3)26-13(10(7)5-16)18-12(23)8(2)21-14(17)19-20-15(21)25-6-11(22)24-4/h8H,6H2,1-4H3,(H2,17,19)(H,18,23). The molecule has 1 unspecified atom stereocenters. The number of ether oxygens (including phenoxy) is 1. The van der Waals surface area contributed by atoms with Gasteiger partial charge in [0, 0.05) is 4.88 Å². The van der Waals surface area contributed by atoms with Crippen LogP contribution in [0.1, 0.15) is 29.0 Å². The van der Waals surface area contributed by atoms with Crippen LogP contribution in [-0.2, 0) is 14.3 Å². The van der Waals surface area contributed by atoms with Gasteiger partial charge in [0.25, 0.3) is 0 Å². The van der Waals surface area contributed by atoms with Crippen LogP contribution in [0.2, 0.25) is 0 Å². The van der Waals surface area contributed by atoms with Crippen LogP contribution in [0.3, 0.4) is 0 Å². The molecule has 26 heavy (non-hydrogen) atoms. The lowest BCUT2D eigenvalue weighted by molar-refractivity contribution is -0.137. The maximum absolute atomic E-state index is 12.7. The second-order valence-corrected chi connectivity index (χ2v) is 7.51. The summed E-state index contributed by atoms with van der Waals surface area (Å²) in [5.74, 6) is -0.720. The van der Waals surface area contributed by atoms with Gasteiger partial charge < -0.3 is 15.8 Å². The van der Waals surface area contributed by atoms with E-state index in [-0.39, 0.29) is 17.6 Å². The van der Waals surface area contributed by atoms with Crippen molar-refractivity contribution in [3.8, 4) is 6.07 Å². The Bertz CT molecular complexity index is 883. The van der Waals surface area contributed by atoms with Crippen molar-refractivity contribution >= 4 is 45.9 Å². The normalized spacial score (nSPS) is 11.7. The minimum Gasteiger partial charge on any atom is -0.468 e. The van der Waals surface area contributed by atoms with E-state index in [0.29, 0.717) is 15.7 Å². The van der Waals surface area contributed by atoms with Crippen LogP contribution in [0.15, 0.2) is 5.16 Å². The molecule has 3 N–H and O–H groups in total. The fraction of sp³-hybridized carbons (Fsp3) is 0.400. The number of aryl methyl sites for hydroxylation is 1. The first kappa shape index (κ1) is 19.7. The highest BCUT2D eigenvalue weighted by Gasteiger charge is 2.24. The number of methoxy groups -OCH3 is 1. The van der Waals surface area contributed by atoms with Crippen molar-refractivity contribution in [2.24, 2.45) is 0 Å². The third kappa shape index (κ3) is 3.97. The number of nitrogen functional groups attached to an aromatic ring is 1. The Hall–Kier alpha value is -2.58. The van der Waals surface area contributed by atoms with Gasteiger partial charge in [0.15, 0.2) is 5.16 Å². The number of aromatic nitrogens is 3. The Kier molecular flexibility index (Phi) is 6.23. The molecule has 2 aromatic rings. The average Bonchev–Trinajstić information content (AvgIpc) is 3.11. The Morgan fingerprint density at radius 3 is 2.77 bits per heavy atom. The first-order valence-corrected chi connectivity index (χ1v) is 9.31. The van der Waals surface area contributed by atoms with Crippen molar-refractivity contribution in [1.82, 2.24) is 14.8 Å². The number of rotatable bonds is 6. The Balaban J connectivity index is 2.21. The number of carbonyl (C=O) groups excluding carboxylic acids is 2. The molecule has 1 atom stereocenters. The van der Waals surface area contributed by atoms with Crippen LogP contribution in [0, 0.1) is 25.2 Å². The molecule has 0 saturated carbocycles. The van der Waals surface area contributed by atoms with Crippen molar-refractivity contribution in [2.75, 3.05) is 23.9 Å². The topological polar surface area (TPSA) is 136 Å². The number of thiophene rings is 1. The third-order valence-corrected chi connectivity index (χ3v) is 5.78. The second-order valence-electron chi connectivity index (χ2n) is 5.34. The molecule has 0 spiro atoms. The van der Waals surface area contributed by atoms with E-state index in [1.54, 1.807) is 6.92 Å². The van der Waals surface area contributed by atoms with Crippen molar-refractivity contribution in [3.63, 3.8) is 0 Å². The fourth-order valence-electron chi connectivity index (χ4n) is 2.12. The quantitative estimate of drug-likeness (QED) is 0.560. The highest BCUT2D eigenvalue weighted by molar-refractivity contribution is 7.99. The zero-order valence-corrected chi connectivity index (χ0v) is 16.3. The van der Waals surface area contributed by atoms with Crippen LogP contribution in [-0.4, -0.2) is 39.5 Å². The molecular weight excluding hydrogens is 376 g/mol. The molecule has 2 rings (SSSR count). The van der Waals surface area contributed by atoms with Gasteiger partial charge in [-0.3, -0.25) is 14.2 Å². The van der Waals surface area contributed by atoms with Crippen molar-refractivity contribution in [2.45, 2.75) is 32.0 Å². The van der Waals surface area contributed by atoms with Crippen LogP contribution in [0.4, 0.5) is 10.9 Å². The summed E-state index contributed by atoms with van der Waals surface area (Å²) in [7, 11) is 1.29. The number of esters is 1. The molecule has 11 heteroatoms. The molecule has 0 aromatic carbocycles. The van der Waals surface area contributed by atoms with Crippen molar-refractivity contribution in [1.29, 1.82) is 5.26 Å². The Morgan fingerprint density at radius 1 is 1.46 bits per heavy atom. The Morgan fingerprint density at radius 2 is 2.15 bits per heavy atom. The van der Waals surface area contributed by atoms with Crippen LogP contribution >= 0.6 is 23.1 Å². The number of carbonyl (C=O) groups is 2. The zero-order valence-electron chi connectivity index (χ0n) is 14.7. The predicted octanol–water partition coefficient (Wildman–Crippen LogP) is 1.88. The maximum Gasteiger partial charge on any atom is 0.316 e. The largest absolute Gasteiger partial charge is 0.468 e. The highest BCUT2D eigenvalue weighted by atomic mass is 32.2. The van der Waals surface area contributed by atoms with Gasteiger partial charge in [0.2, 0.25) is 11.9 Å². The number of hydrogen-bond acceptors (Lipinski definition) is 9. The zero-order chi connectivity index (χ0) is 19.4. The first-order valence-electron chi connectivity index (χ1n) is 7.51. The minimum atomic E-state index is -0.737. The van der Waals surface area contributed by atoms with Crippen molar-refractivity contribution < 1.29 is 14.3 Å². The number of anilines is 2. The summed E-state index contributed by atoms with van der Waals surface area (Å²) < 4.78 is 6.02. The average molecular weight is 394 g/mol. The van der Waals surface area contributed by atoms with Crippen LogP contribution < -0.4 is 11.1 Å². The van der Waals surface area contributed by atoms with Gasteiger partial charge in [0.05, 0.1) is 18.4 Å². The molecule has 0 fully saturated rings. The maximum atomic E-state index is 12.7. The van der Waals surface area contributed by atoms with Gasteiger partial charge >= 0.3 is 5.97 Å². The number of amides is 1. The molecule has 138 valence electrons. The molecule has 0 bridgehead atoms. The lowest BCUT2D eigenvalue weighted by Gasteiger charge is -2.15. The molecule has 0 saturated heterocycles. The molecule has 0 aliphatic heterocycles. The van der Waals surface area contributed by atoms with Gasteiger partial charge in [-0.2, -0.15) is 5.26 Å². The third-order valence-electron chi connectivity index (χ3n) is 3.74. The summed E-state index contributed by atoms with van der Waals surface area (Å²) >= 11 is 2.41. The van der Waals surface area contributed by atoms with Gasteiger partial charge in [0.1, 0.15) is 17.1 Å². The van der Waals surface area contributed by atoms with Crippen LogP contribution in [0.5, 0.6) is 0 Å². The SMILES string of the molecule is COC(=O)CSc1nnc(N)n1C(C)C(=O)Nc1sc(C)c(C)c1C#N. The molecule has 2 heterocycles. The first-order chi connectivity index (χ1) is 12.3. The number of nitriles is 1. The molecule has 0 radical (unpaired) electrons. The molecule has 1 amide bonds. The molecule has 2 aromatic heterocycles. The summed E-state index contributed by atoms with van der Waals surface area (Å²) in [6, 6.07) is 1.37. The minimum absolute atomic E-state index is 0.0187. The Labute approximate surface area is 158 Å². The number of hydrogen-bond donors (Lipinski definition) is 2. The fourth-order valence-corrected chi connectivity index (χ4v) is 3.98. The van der Waals surface area contributed by atoms with Gasteiger partial charge in [-0.05, 0) is 26.3 Å². The van der Waals surface area contributed by atoms with E-state index in [1.807, 2.05) is 13.8 Å². The summed E-state index contributed by atoms with van der Waals surface area (Å²) in [5.41, 5.74) is 7.12.